The number of carbonyl (C=O) groups excluding carboxylic acids is 1. The van der Waals surface area contributed by atoms with Gasteiger partial charge in [-0.15, -0.1) is 0 Å². The Balaban J connectivity index is 1.44. The molecule has 0 N–H and O–H groups in total. The first kappa shape index (κ1) is 22.7. The van der Waals surface area contributed by atoms with Crippen molar-refractivity contribution < 1.29 is 33.4 Å². The molecular weight excluding hydrogens is 418 g/mol. The van der Waals surface area contributed by atoms with E-state index < -0.39 is 28.9 Å². The molecule has 9 nitrogen and oxygen atoms in total. The zero-order valence-electron chi connectivity index (χ0n) is 18.7. The standard InChI is InChI=1S/C23H29NO8/c1-14(2)5-10-18-22(3,32-18)20-19(28-4)17(11-12-23(20)13-29-23)31-21(25)30-16-8-6-15(7-9-16)24(26)27/h5-9,17-20H,10-13H2,1-4H3/t17-,18?,19-,20-,22-,23+/m1/s1. The minimum Gasteiger partial charge on any atom is -0.428 e. The topological polar surface area (TPSA) is 113 Å². The van der Waals surface area contributed by atoms with Crippen molar-refractivity contribution in [2.45, 2.75) is 69.5 Å². The first-order valence-electron chi connectivity index (χ1n) is 10.8. The fraction of sp³-hybridized carbons (Fsp3) is 0.609. The van der Waals surface area contributed by atoms with Gasteiger partial charge in [-0.05, 0) is 52.2 Å². The van der Waals surface area contributed by atoms with Crippen LogP contribution in [-0.2, 0) is 18.9 Å². The summed E-state index contributed by atoms with van der Waals surface area (Å²) < 4.78 is 28.8. The van der Waals surface area contributed by atoms with E-state index >= 15 is 0 Å². The molecular formula is C23H29NO8. The van der Waals surface area contributed by atoms with E-state index in [0.29, 0.717) is 13.0 Å². The largest absolute Gasteiger partial charge is 0.514 e. The second-order valence-corrected chi connectivity index (χ2v) is 9.14. The first-order valence-corrected chi connectivity index (χ1v) is 10.8. The van der Waals surface area contributed by atoms with E-state index in [-0.39, 0.29) is 29.1 Å². The summed E-state index contributed by atoms with van der Waals surface area (Å²) in [5.74, 6) is 0.0877. The van der Waals surface area contributed by atoms with E-state index in [1.165, 1.54) is 29.8 Å². The van der Waals surface area contributed by atoms with Gasteiger partial charge in [0.25, 0.3) is 5.69 Å². The highest BCUT2D eigenvalue weighted by Gasteiger charge is 2.72. The van der Waals surface area contributed by atoms with Crippen LogP contribution in [0.3, 0.4) is 0 Å². The van der Waals surface area contributed by atoms with Gasteiger partial charge < -0.3 is 23.7 Å². The number of rotatable bonds is 7. The van der Waals surface area contributed by atoms with E-state index in [0.717, 1.165) is 12.8 Å². The third-order valence-corrected chi connectivity index (χ3v) is 6.73. The van der Waals surface area contributed by atoms with Gasteiger partial charge in [0.2, 0.25) is 0 Å². The number of nitro groups is 1. The average Bonchev–Trinajstić information content (AvgIpc) is 3.65. The molecule has 0 aromatic heterocycles. The first-order chi connectivity index (χ1) is 15.2. The second kappa shape index (κ2) is 8.46. The molecule has 1 aliphatic carbocycles. The van der Waals surface area contributed by atoms with Gasteiger partial charge in [-0.1, -0.05) is 11.6 Å². The Morgan fingerprint density at radius 1 is 1.31 bits per heavy atom. The lowest BCUT2D eigenvalue weighted by Crippen LogP contribution is -2.55. The van der Waals surface area contributed by atoms with Crippen LogP contribution in [0.25, 0.3) is 0 Å². The number of epoxide rings is 2. The molecule has 174 valence electrons. The molecule has 9 heteroatoms. The van der Waals surface area contributed by atoms with Gasteiger partial charge in [0, 0.05) is 19.2 Å². The predicted molar refractivity (Wildman–Crippen MR) is 114 cm³/mol. The van der Waals surface area contributed by atoms with Crippen molar-refractivity contribution in [2.75, 3.05) is 13.7 Å². The maximum atomic E-state index is 12.4. The number of non-ortho nitro benzene ring substituents is 1. The number of nitrogens with zero attached hydrogens (tertiary/aromatic N) is 1. The molecule has 2 heterocycles. The van der Waals surface area contributed by atoms with Crippen molar-refractivity contribution in [3.05, 3.63) is 46.0 Å². The fourth-order valence-corrected chi connectivity index (χ4v) is 4.95. The van der Waals surface area contributed by atoms with Gasteiger partial charge >= 0.3 is 6.16 Å². The van der Waals surface area contributed by atoms with Crippen molar-refractivity contribution in [3.8, 4) is 5.75 Å². The third kappa shape index (κ3) is 4.37. The Morgan fingerprint density at radius 2 is 2.00 bits per heavy atom. The molecule has 1 spiro atoms. The predicted octanol–water partition coefficient (Wildman–Crippen LogP) is 4.19. The zero-order valence-corrected chi connectivity index (χ0v) is 18.7. The van der Waals surface area contributed by atoms with Crippen LogP contribution in [0.5, 0.6) is 5.75 Å². The van der Waals surface area contributed by atoms with Crippen LogP contribution in [0.2, 0.25) is 0 Å². The Labute approximate surface area is 186 Å². The highest BCUT2D eigenvalue weighted by atomic mass is 16.7. The van der Waals surface area contributed by atoms with E-state index in [9.17, 15) is 14.9 Å². The third-order valence-electron chi connectivity index (χ3n) is 6.73. The van der Waals surface area contributed by atoms with Crippen molar-refractivity contribution in [3.63, 3.8) is 0 Å². The van der Waals surface area contributed by atoms with Crippen molar-refractivity contribution in [1.29, 1.82) is 0 Å². The molecule has 4 rings (SSSR count). The molecule has 0 bridgehead atoms. The van der Waals surface area contributed by atoms with Gasteiger partial charge in [0.15, 0.2) is 0 Å². The number of allylic oxidation sites excluding steroid dienone is 1. The summed E-state index contributed by atoms with van der Waals surface area (Å²) in [7, 11) is 1.61. The van der Waals surface area contributed by atoms with Gasteiger partial charge in [-0.2, -0.15) is 0 Å². The molecule has 0 amide bonds. The maximum absolute atomic E-state index is 12.4. The van der Waals surface area contributed by atoms with Crippen LogP contribution in [-0.4, -0.2) is 54.3 Å². The lowest BCUT2D eigenvalue weighted by molar-refractivity contribution is -0.384. The molecule has 2 saturated heterocycles. The molecule has 6 atom stereocenters. The quantitative estimate of drug-likeness (QED) is 0.153. The highest BCUT2D eigenvalue weighted by molar-refractivity contribution is 5.64. The lowest BCUT2D eigenvalue weighted by atomic mass is 9.68. The molecule has 32 heavy (non-hydrogen) atoms. The average molecular weight is 447 g/mol. The summed E-state index contributed by atoms with van der Waals surface area (Å²) >= 11 is 0. The van der Waals surface area contributed by atoms with Gasteiger partial charge in [-0.25, -0.2) is 4.79 Å². The molecule has 1 saturated carbocycles. The van der Waals surface area contributed by atoms with Crippen molar-refractivity contribution >= 4 is 11.8 Å². The summed E-state index contributed by atoms with van der Waals surface area (Å²) in [5.41, 5.74) is 0.419. The summed E-state index contributed by atoms with van der Waals surface area (Å²) in [6, 6.07) is 5.25. The van der Waals surface area contributed by atoms with E-state index in [4.69, 9.17) is 23.7 Å². The van der Waals surface area contributed by atoms with Crippen molar-refractivity contribution in [2.24, 2.45) is 5.92 Å². The summed E-state index contributed by atoms with van der Waals surface area (Å²) in [4.78, 5) is 22.7. The van der Waals surface area contributed by atoms with Crippen LogP contribution in [0.4, 0.5) is 10.5 Å². The Bertz CT molecular complexity index is 905. The number of methoxy groups -OCH3 is 1. The SMILES string of the molecule is CO[C@@H]1[C@H](OC(=O)Oc2ccc([N+](=O)[O-])cc2)CC[C@]2(CO2)[C@H]1[C@]1(C)OC1CC=C(C)C. The number of ether oxygens (including phenoxy) is 5. The number of carbonyl (C=O) groups is 1. The lowest BCUT2D eigenvalue weighted by Gasteiger charge is -2.42. The second-order valence-electron chi connectivity index (χ2n) is 9.14. The van der Waals surface area contributed by atoms with Gasteiger partial charge in [-0.3, -0.25) is 10.1 Å². The molecule has 3 aliphatic rings. The molecule has 0 radical (unpaired) electrons. The number of hydrogen-bond acceptors (Lipinski definition) is 8. The maximum Gasteiger partial charge on any atom is 0.514 e. The summed E-state index contributed by atoms with van der Waals surface area (Å²) in [6.07, 6.45) is 2.56. The van der Waals surface area contributed by atoms with E-state index in [2.05, 4.69) is 26.8 Å². The van der Waals surface area contributed by atoms with Crippen LogP contribution in [0, 0.1) is 16.0 Å². The van der Waals surface area contributed by atoms with Crippen LogP contribution < -0.4 is 4.74 Å². The summed E-state index contributed by atoms with van der Waals surface area (Å²) in [5, 5.41) is 10.8. The van der Waals surface area contributed by atoms with Gasteiger partial charge in [0.05, 0.1) is 23.6 Å². The highest BCUT2D eigenvalue weighted by Crippen LogP contribution is 2.59. The fourth-order valence-electron chi connectivity index (χ4n) is 4.95. The molecule has 3 fully saturated rings. The molecule has 1 aromatic rings. The smallest absolute Gasteiger partial charge is 0.428 e. The van der Waals surface area contributed by atoms with Crippen LogP contribution >= 0.6 is 0 Å². The Hall–Kier alpha value is -2.49. The summed E-state index contributed by atoms with van der Waals surface area (Å²) in [6.45, 7) is 6.84. The zero-order chi connectivity index (χ0) is 23.1. The molecule has 1 aromatic carbocycles. The minimum absolute atomic E-state index is 0.0620. The Morgan fingerprint density at radius 3 is 2.56 bits per heavy atom. The monoisotopic (exact) mass is 447 g/mol. The van der Waals surface area contributed by atoms with E-state index in [1.807, 2.05) is 0 Å². The van der Waals surface area contributed by atoms with Gasteiger partial charge in [0.1, 0.15) is 29.2 Å². The number of benzene rings is 1. The Kier molecular flexibility index (Phi) is 6.00. The number of hydrogen-bond donors (Lipinski definition) is 0. The van der Waals surface area contributed by atoms with Crippen molar-refractivity contribution in [1.82, 2.24) is 0 Å². The van der Waals surface area contributed by atoms with E-state index in [1.54, 1.807) is 7.11 Å². The molecule has 2 aliphatic heterocycles. The number of nitro benzene ring substituents is 1. The normalized spacial score (nSPS) is 35.1. The molecule has 1 unspecified atom stereocenters. The minimum atomic E-state index is -0.875. The van der Waals surface area contributed by atoms with Crippen LogP contribution in [0.15, 0.2) is 35.9 Å². The van der Waals surface area contributed by atoms with Crippen LogP contribution in [0.1, 0.15) is 40.0 Å².